The first-order chi connectivity index (χ1) is 9.11. The maximum absolute atomic E-state index is 11.6. The van der Waals surface area contributed by atoms with Crippen LogP contribution >= 0.6 is 0 Å². The Bertz CT molecular complexity index is 559. The molecule has 0 aliphatic heterocycles. The van der Waals surface area contributed by atoms with Crippen LogP contribution in [0.25, 0.3) is 0 Å². The molecule has 19 heavy (non-hydrogen) atoms. The Kier molecular flexibility index (Phi) is 3.97. The Morgan fingerprint density at radius 3 is 2.63 bits per heavy atom. The van der Waals surface area contributed by atoms with Gasteiger partial charge in [0.05, 0.1) is 6.54 Å². The van der Waals surface area contributed by atoms with E-state index in [1.54, 1.807) is 6.20 Å². The summed E-state index contributed by atoms with van der Waals surface area (Å²) in [5.41, 5.74) is 7.54. The van der Waals surface area contributed by atoms with Gasteiger partial charge in [-0.1, -0.05) is 29.8 Å². The van der Waals surface area contributed by atoms with E-state index >= 15 is 0 Å². The van der Waals surface area contributed by atoms with Crippen molar-refractivity contribution >= 4 is 5.91 Å². The second-order valence-corrected chi connectivity index (χ2v) is 4.51. The van der Waals surface area contributed by atoms with Crippen molar-refractivity contribution in [3.63, 3.8) is 0 Å². The van der Waals surface area contributed by atoms with E-state index in [1.807, 2.05) is 49.0 Å². The van der Waals surface area contributed by atoms with Crippen LogP contribution in [0.2, 0.25) is 0 Å². The Balaban J connectivity index is 2.37. The van der Waals surface area contributed by atoms with E-state index in [0.29, 0.717) is 0 Å². The van der Waals surface area contributed by atoms with Crippen molar-refractivity contribution in [2.45, 2.75) is 13.0 Å². The highest BCUT2D eigenvalue weighted by Gasteiger charge is 2.19. The Morgan fingerprint density at radius 2 is 2.11 bits per heavy atom. The van der Waals surface area contributed by atoms with E-state index in [0.717, 1.165) is 11.4 Å². The maximum Gasteiger partial charge on any atom is 0.234 e. The first-order valence-electron chi connectivity index (χ1n) is 6.15. The number of carbonyl (C=O) groups excluding carboxylic acids is 1. The van der Waals surface area contributed by atoms with Gasteiger partial charge in [-0.05, 0) is 12.5 Å². The number of hydrogen-bond donors (Lipinski definition) is 2. The molecule has 0 fully saturated rings. The van der Waals surface area contributed by atoms with Gasteiger partial charge < -0.3 is 15.6 Å². The third kappa shape index (κ3) is 3.00. The second-order valence-electron chi connectivity index (χ2n) is 4.51. The van der Waals surface area contributed by atoms with Crippen molar-refractivity contribution in [1.29, 1.82) is 0 Å². The first-order valence-corrected chi connectivity index (χ1v) is 6.15. The molecule has 1 atom stereocenters. The Morgan fingerprint density at radius 1 is 1.42 bits per heavy atom. The highest BCUT2D eigenvalue weighted by molar-refractivity contribution is 5.78. The van der Waals surface area contributed by atoms with Crippen LogP contribution in [0.4, 0.5) is 0 Å². The summed E-state index contributed by atoms with van der Waals surface area (Å²) >= 11 is 0. The number of hydrogen-bond acceptors (Lipinski definition) is 3. The number of rotatable bonds is 4. The Labute approximate surface area is 112 Å². The molecule has 1 aromatic carbocycles. The molecule has 1 heterocycles. The number of benzene rings is 1. The molecule has 2 aromatic rings. The molecule has 0 spiro atoms. The topological polar surface area (TPSA) is 72.9 Å². The largest absolute Gasteiger partial charge is 0.341 e. The van der Waals surface area contributed by atoms with Crippen LogP contribution in [0.15, 0.2) is 36.7 Å². The fraction of sp³-hybridized carbons (Fsp3) is 0.286. The van der Waals surface area contributed by atoms with Gasteiger partial charge in [-0.2, -0.15) is 0 Å². The van der Waals surface area contributed by atoms with Gasteiger partial charge in [-0.25, -0.2) is 4.98 Å². The third-order valence-corrected chi connectivity index (χ3v) is 3.02. The predicted octanol–water partition coefficient (Wildman–Crippen LogP) is 0.893. The van der Waals surface area contributed by atoms with E-state index < -0.39 is 0 Å². The number of imidazole rings is 1. The van der Waals surface area contributed by atoms with Gasteiger partial charge >= 0.3 is 0 Å². The predicted molar refractivity (Wildman–Crippen MR) is 73.4 cm³/mol. The van der Waals surface area contributed by atoms with E-state index in [-0.39, 0.29) is 18.5 Å². The van der Waals surface area contributed by atoms with Crippen LogP contribution in [0, 0.1) is 6.92 Å². The smallest absolute Gasteiger partial charge is 0.234 e. The van der Waals surface area contributed by atoms with Gasteiger partial charge in [-0.3, -0.25) is 4.79 Å². The average Bonchev–Trinajstić information content (AvgIpc) is 2.83. The summed E-state index contributed by atoms with van der Waals surface area (Å²) in [5, 5.41) is 2.90. The summed E-state index contributed by atoms with van der Waals surface area (Å²) in [5.74, 6) is 0.583. The van der Waals surface area contributed by atoms with E-state index in [2.05, 4.69) is 10.3 Å². The average molecular weight is 258 g/mol. The second kappa shape index (κ2) is 5.67. The summed E-state index contributed by atoms with van der Waals surface area (Å²) in [6.45, 7) is 1.99. The number of aryl methyl sites for hydroxylation is 2. The van der Waals surface area contributed by atoms with E-state index in [9.17, 15) is 4.79 Å². The van der Waals surface area contributed by atoms with Crippen LogP contribution in [0.5, 0.6) is 0 Å². The number of carbonyl (C=O) groups is 1. The third-order valence-electron chi connectivity index (χ3n) is 3.02. The lowest BCUT2D eigenvalue weighted by molar-refractivity contribution is -0.120. The molecular weight excluding hydrogens is 240 g/mol. The molecular formula is C14H18N4O. The maximum atomic E-state index is 11.6. The van der Waals surface area contributed by atoms with E-state index in [1.165, 1.54) is 5.56 Å². The minimum atomic E-state index is -0.281. The Hall–Kier alpha value is -2.14. The lowest BCUT2D eigenvalue weighted by Crippen LogP contribution is -2.35. The molecule has 5 heteroatoms. The number of nitrogens with zero attached hydrogens (tertiary/aromatic N) is 2. The summed E-state index contributed by atoms with van der Waals surface area (Å²) in [6.07, 6.45) is 3.57. The molecule has 1 aromatic heterocycles. The highest BCUT2D eigenvalue weighted by Crippen LogP contribution is 2.20. The van der Waals surface area contributed by atoms with E-state index in [4.69, 9.17) is 5.73 Å². The fourth-order valence-corrected chi connectivity index (χ4v) is 1.93. The quantitative estimate of drug-likeness (QED) is 0.855. The lowest BCUT2D eigenvalue weighted by Gasteiger charge is -2.19. The van der Waals surface area contributed by atoms with Crippen LogP contribution < -0.4 is 11.1 Å². The van der Waals surface area contributed by atoms with Gasteiger partial charge in [0.25, 0.3) is 0 Å². The molecule has 0 aliphatic rings. The lowest BCUT2D eigenvalue weighted by atomic mass is 10.0. The summed E-state index contributed by atoms with van der Waals surface area (Å²) in [6, 6.07) is 7.73. The first kappa shape index (κ1) is 13.3. The van der Waals surface area contributed by atoms with Crippen LogP contribution in [0.3, 0.4) is 0 Å². The number of nitrogens with two attached hydrogens (primary N) is 1. The van der Waals surface area contributed by atoms with Crippen LogP contribution in [0.1, 0.15) is 23.0 Å². The SMILES string of the molecule is Cc1ccc(C(NC(=O)CN)c2nccn2C)cc1. The minimum absolute atomic E-state index is 0.0349. The number of nitrogens with one attached hydrogen (secondary N) is 1. The zero-order chi connectivity index (χ0) is 13.8. The minimum Gasteiger partial charge on any atom is -0.341 e. The number of aromatic nitrogens is 2. The van der Waals surface area contributed by atoms with Gasteiger partial charge in [0.1, 0.15) is 11.9 Å². The van der Waals surface area contributed by atoms with Crippen molar-refractivity contribution < 1.29 is 4.79 Å². The normalized spacial score (nSPS) is 12.2. The van der Waals surface area contributed by atoms with Crippen molar-refractivity contribution in [1.82, 2.24) is 14.9 Å². The zero-order valence-electron chi connectivity index (χ0n) is 11.1. The van der Waals surface area contributed by atoms with Crippen LogP contribution in [-0.2, 0) is 11.8 Å². The van der Waals surface area contributed by atoms with Gasteiger partial charge in [0.2, 0.25) is 5.91 Å². The molecule has 3 N–H and O–H groups in total. The molecule has 0 saturated carbocycles. The molecule has 2 rings (SSSR count). The molecule has 0 bridgehead atoms. The van der Waals surface area contributed by atoms with Crippen molar-refractivity contribution in [3.05, 3.63) is 53.6 Å². The standard InChI is InChI=1S/C14H18N4O/c1-10-3-5-11(6-4-10)13(17-12(19)9-15)14-16-7-8-18(14)2/h3-8,13H,9,15H2,1-2H3,(H,17,19). The van der Waals surface area contributed by atoms with Gasteiger partial charge in [0, 0.05) is 19.4 Å². The van der Waals surface area contributed by atoms with Crippen LogP contribution in [-0.4, -0.2) is 22.0 Å². The summed E-state index contributed by atoms with van der Waals surface area (Å²) < 4.78 is 1.89. The molecule has 0 aliphatic carbocycles. The summed E-state index contributed by atoms with van der Waals surface area (Å²) in [4.78, 5) is 15.9. The zero-order valence-corrected chi connectivity index (χ0v) is 11.1. The molecule has 5 nitrogen and oxygen atoms in total. The number of amides is 1. The van der Waals surface area contributed by atoms with Crippen molar-refractivity contribution in [2.75, 3.05) is 6.54 Å². The van der Waals surface area contributed by atoms with Gasteiger partial charge in [-0.15, -0.1) is 0 Å². The van der Waals surface area contributed by atoms with Crippen molar-refractivity contribution in [2.24, 2.45) is 12.8 Å². The molecule has 1 unspecified atom stereocenters. The monoisotopic (exact) mass is 258 g/mol. The molecule has 0 saturated heterocycles. The highest BCUT2D eigenvalue weighted by atomic mass is 16.1. The molecule has 0 radical (unpaired) electrons. The summed E-state index contributed by atoms with van der Waals surface area (Å²) in [7, 11) is 1.90. The molecule has 1 amide bonds. The van der Waals surface area contributed by atoms with Gasteiger partial charge in [0.15, 0.2) is 0 Å². The molecule has 100 valence electrons. The fourth-order valence-electron chi connectivity index (χ4n) is 1.93. The van der Waals surface area contributed by atoms with Crippen molar-refractivity contribution in [3.8, 4) is 0 Å².